The average molecular weight is 521 g/mol. The number of fused-ring (bicyclic) bond motifs is 1. The van der Waals surface area contributed by atoms with E-state index in [0.717, 1.165) is 23.8 Å². The van der Waals surface area contributed by atoms with Gasteiger partial charge in [-0.15, -0.1) is 0 Å². The number of amides is 1. The zero-order chi connectivity index (χ0) is 25.9. The smallest absolute Gasteiger partial charge is 0.433 e. The summed E-state index contributed by atoms with van der Waals surface area (Å²) >= 11 is 6.40. The van der Waals surface area contributed by atoms with Gasteiger partial charge in [0.2, 0.25) is 5.88 Å². The van der Waals surface area contributed by atoms with Crippen molar-refractivity contribution in [3.63, 3.8) is 0 Å². The summed E-state index contributed by atoms with van der Waals surface area (Å²) in [5.74, 6) is 1.60. The molecule has 190 valence electrons. The van der Waals surface area contributed by atoms with Crippen LogP contribution in [-0.2, 0) is 12.6 Å². The molecule has 10 heteroatoms. The number of hydrogen-bond donors (Lipinski definition) is 1. The number of benzene rings is 2. The monoisotopic (exact) mass is 520 g/mol. The normalized spacial score (nSPS) is 15.0. The molecule has 1 amide bonds. The van der Waals surface area contributed by atoms with E-state index < -0.39 is 11.9 Å². The molecule has 2 aromatic carbocycles. The number of nitrogens with one attached hydrogen (secondary N) is 1. The highest BCUT2D eigenvalue weighted by Gasteiger charge is 2.33. The second-order valence-corrected chi connectivity index (χ2v) is 8.76. The number of carbonyl (C=O) groups excluding carboxylic acids is 1. The first-order chi connectivity index (χ1) is 17.2. The van der Waals surface area contributed by atoms with Crippen LogP contribution in [0.4, 0.5) is 13.2 Å². The van der Waals surface area contributed by atoms with E-state index in [-0.39, 0.29) is 24.8 Å². The lowest BCUT2D eigenvalue weighted by Gasteiger charge is -2.24. The Morgan fingerprint density at radius 1 is 1.19 bits per heavy atom. The third-order valence-corrected chi connectivity index (χ3v) is 6.15. The van der Waals surface area contributed by atoms with Crippen LogP contribution in [0.1, 0.15) is 46.4 Å². The van der Waals surface area contributed by atoms with Crippen LogP contribution < -0.4 is 19.5 Å². The molecule has 1 aromatic heterocycles. The van der Waals surface area contributed by atoms with Crippen molar-refractivity contribution in [3.8, 4) is 23.1 Å². The molecule has 1 aliphatic heterocycles. The maximum atomic E-state index is 12.8. The largest absolute Gasteiger partial charge is 0.493 e. The minimum absolute atomic E-state index is 0.124. The van der Waals surface area contributed by atoms with Crippen molar-refractivity contribution in [3.05, 3.63) is 75.9 Å². The number of alkyl halides is 3. The molecule has 1 unspecified atom stereocenters. The van der Waals surface area contributed by atoms with Gasteiger partial charge in [0, 0.05) is 23.7 Å². The van der Waals surface area contributed by atoms with Gasteiger partial charge in [-0.3, -0.25) is 4.79 Å². The van der Waals surface area contributed by atoms with Gasteiger partial charge >= 0.3 is 6.18 Å². The molecule has 1 N–H and O–H groups in total. The molecule has 0 saturated heterocycles. The molecule has 0 spiro atoms. The molecular weight excluding hydrogens is 497 g/mol. The predicted octanol–water partition coefficient (Wildman–Crippen LogP) is 6.41. The molecule has 2 heterocycles. The van der Waals surface area contributed by atoms with Gasteiger partial charge in [0.05, 0.1) is 18.7 Å². The van der Waals surface area contributed by atoms with Crippen LogP contribution in [0.25, 0.3) is 0 Å². The van der Waals surface area contributed by atoms with Gasteiger partial charge in [-0.2, -0.15) is 13.2 Å². The molecule has 4 rings (SSSR count). The van der Waals surface area contributed by atoms with E-state index in [1.807, 2.05) is 6.07 Å². The molecule has 0 bridgehead atoms. The van der Waals surface area contributed by atoms with Crippen molar-refractivity contribution >= 4 is 17.5 Å². The first-order valence-electron chi connectivity index (χ1n) is 11.3. The van der Waals surface area contributed by atoms with Gasteiger partial charge in [-0.05, 0) is 60.7 Å². The highest BCUT2D eigenvalue weighted by Crippen LogP contribution is 2.41. The van der Waals surface area contributed by atoms with E-state index >= 15 is 0 Å². The Morgan fingerprint density at radius 2 is 1.94 bits per heavy atom. The summed E-state index contributed by atoms with van der Waals surface area (Å²) in [5, 5.41) is 3.21. The maximum absolute atomic E-state index is 12.8. The van der Waals surface area contributed by atoms with Gasteiger partial charge in [0.25, 0.3) is 5.91 Å². The number of halogens is 4. The SMILES string of the molecule is COc1nc(C(F)(F)F)ccc1CCNC(=O)c1ccc(Oc2cc3c(cc2Cl)C(C)CCO3)cc1. The Hall–Kier alpha value is -3.46. The first-order valence-corrected chi connectivity index (χ1v) is 11.7. The number of hydrogen-bond acceptors (Lipinski definition) is 5. The zero-order valence-corrected chi connectivity index (χ0v) is 20.4. The molecule has 1 atom stereocenters. The molecule has 0 radical (unpaired) electrons. The standard InChI is InChI=1S/C26H24ClF3N2O4/c1-15-10-12-35-21-14-22(20(27)13-19(15)21)36-18-6-3-16(4-7-18)24(33)31-11-9-17-5-8-23(26(28,29)30)32-25(17)34-2/h3-8,13-15H,9-12H2,1-2H3,(H,31,33). The first kappa shape index (κ1) is 25.6. The molecule has 6 nitrogen and oxygen atoms in total. The summed E-state index contributed by atoms with van der Waals surface area (Å²) in [4.78, 5) is 16.0. The van der Waals surface area contributed by atoms with Crippen LogP contribution in [-0.4, -0.2) is 31.2 Å². The third kappa shape index (κ3) is 5.84. The van der Waals surface area contributed by atoms with Gasteiger partial charge in [0.15, 0.2) is 0 Å². The highest BCUT2D eigenvalue weighted by atomic mass is 35.5. The Morgan fingerprint density at radius 3 is 2.64 bits per heavy atom. The van der Waals surface area contributed by atoms with Crippen molar-refractivity contribution in [1.29, 1.82) is 0 Å². The lowest BCUT2D eigenvalue weighted by atomic mass is 9.95. The van der Waals surface area contributed by atoms with E-state index in [9.17, 15) is 18.0 Å². The van der Waals surface area contributed by atoms with Crippen LogP contribution in [0.5, 0.6) is 23.1 Å². The number of rotatable bonds is 7. The Bertz CT molecular complexity index is 1250. The van der Waals surface area contributed by atoms with E-state index in [4.69, 9.17) is 25.8 Å². The van der Waals surface area contributed by atoms with Crippen LogP contribution in [0.3, 0.4) is 0 Å². The third-order valence-electron chi connectivity index (χ3n) is 5.85. The minimum atomic E-state index is -4.56. The van der Waals surface area contributed by atoms with Crippen molar-refractivity contribution in [2.45, 2.75) is 31.9 Å². The van der Waals surface area contributed by atoms with Gasteiger partial charge in [-0.1, -0.05) is 24.6 Å². The molecule has 0 fully saturated rings. The van der Waals surface area contributed by atoms with Gasteiger partial charge < -0.3 is 19.5 Å². The average Bonchev–Trinajstić information content (AvgIpc) is 2.85. The van der Waals surface area contributed by atoms with Gasteiger partial charge in [0.1, 0.15) is 22.9 Å². The number of pyridine rings is 1. The van der Waals surface area contributed by atoms with Crippen molar-refractivity contribution in [1.82, 2.24) is 10.3 Å². The van der Waals surface area contributed by atoms with E-state index in [2.05, 4.69) is 17.2 Å². The van der Waals surface area contributed by atoms with E-state index in [0.29, 0.717) is 40.2 Å². The van der Waals surface area contributed by atoms with E-state index in [1.165, 1.54) is 13.2 Å². The van der Waals surface area contributed by atoms with Crippen LogP contribution in [0.2, 0.25) is 5.02 Å². The Balaban J connectivity index is 1.35. The number of methoxy groups -OCH3 is 1. The molecule has 0 aliphatic carbocycles. The summed E-state index contributed by atoms with van der Waals surface area (Å²) in [6.07, 6.45) is -3.38. The van der Waals surface area contributed by atoms with E-state index in [1.54, 1.807) is 30.3 Å². The second-order valence-electron chi connectivity index (χ2n) is 8.35. The quantitative estimate of drug-likeness (QED) is 0.389. The minimum Gasteiger partial charge on any atom is -0.493 e. The lowest BCUT2D eigenvalue weighted by molar-refractivity contribution is -0.141. The number of carbonyl (C=O) groups is 1. The van der Waals surface area contributed by atoms with Crippen molar-refractivity contribution in [2.75, 3.05) is 20.3 Å². The zero-order valence-electron chi connectivity index (χ0n) is 19.6. The van der Waals surface area contributed by atoms with Crippen LogP contribution in [0, 0.1) is 0 Å². The fraction of sp³-hybridized carbons (Fsp3) is 0.308. The van der Waals surface area contributed by atoms with Crippen LogP contribution >= 0.6 is 11.6 Å². The van der Waals surface area contributed by atoms with Gasteiger partial charge in [-0.25, -0.2) is 4.98 Å². The maximum Gasteiger partial charge on any atom is 0.433 e. The Labute approximate surface area is 211 Å². The lowest BCUT2D eigenvalue weighted by Crippen LogP contribution is -2.25. The molecular formula is C26H24ClF3N2O4. The summed E-state index contributed by atoms with van der Waals surface area (Å²) in [7, 11) is 1.25. The summed E-state index contributed by atoms with van der Waals surface area (Å²) < 4.78 is 55.1. The number of nitrogens with zero attached hydrogens (tertiary/aromatic N) is 1. The predicted molar refractivity (Wildman–Crippen MR) is 128 cm³/mol. The summed E-state index contributed by atoms with van der Waals surface area (Å²) in [6, 6.07) is 12.3. The fourth-order valence-corrected chi connectivity index (χ4v) is 4.06. The molecule has 36 heavy (non-hydrogen) atoms. The molecule has 0 saturated carbocycles. The number of ether oxygens (including phenoxy) is 3. The van der Waals surface area contributed by atoms with Crippen LogP contribution in [0.15, 0.2) is 48.5 Å². The molecule has 1 aliphatic rings. The Kier molecular flexibility index (Phi) is 7.59. The second kappa shape index (κ2) is 10.7. The number of aromatic nitrogens is 1. The summed E-state index contributed by atoms with van der Waals surface area (Å²) in [6.45, 7) is 2.95. The van der Waals surface area contributed by atoms with Crippen molar-refractivity contribution < 1.29 is 32.2 Å². The highest BCUT2D eigenvalue weighted by molar-refractivity contribution is 6.32. The topological polar surface area (TPSA) is 69.7 Å². The molecule has 3 aromatic rings. The summed E-state index contributed by atoms with van der Waals surface area (Å²) in [5.41, 5.74) is 0.868. The van der Waals surface area contributed by atoms with Crippen molar-refractivity contribution in [2.24, 2.45) is 0 Å². The fourth-order valence-electron chi connectivity index (χ4n) is 3.85.